The smallest absolute Gasteiger partial charge is 0.317 e. The Morgan fingerprint density at radius 3 is 2.41 bits per heavy atom. The van der Waals surface area contributed by atoms with Crippen molar-refractivity contribution in [1.29, 1.82) is 0 Å². The average Bonchev–Trinajstić information content (AvgIpc) is 2.60. The van der Waals surface area contributed by atoms with E-state index in [0.717, 1.165) is 5.20 Å². The molecule has 17 heavy (non-hydrogen) atoms. The van der Waals surface area contributed by atoms with Gasteiger partial charge >= 0.3 is 5.97 Å². The largest absolute Gasteiger partial charge is 0.426 e. The maximum atomic E-state index is 11.4. The fourth-order valence-electron chi connectivity index (χ4n) is 1.67. The van der Waals surface area contributed by atoms with Crippen molar-refractivity contribution in [3.8, 4) is 5.75 Å². The predicted octanol–water partition coefficient (Wildman–Crippen LogP) is 3.10. The van der Waals surface area contributed by atoms with E-state index in [1.54, 1.807) is 0 Å². The minimum atomic E-state index is -1.57. The molecule has 0 saturated heterocycles. The zero-order chi connectivity index (χ0) is 12.5. The van der Waals surface area contributed by atoms with Gasteiger partial charge in [-0.15, -0.1) is 0 Å². The molecule has 1 heterocycles. The quantitative estimate of drug-likeness (QED) is 0.609. The van der Waals surface area contributed by atoms with Gasteiger partial charge in [0.1, 0.15) is 5.75 Å². The summed E-state index contributed by atoms with van der Waals surface area (Å²) in [6.45, 7) is 6.54. The molecule has 0 atom stereocenters. The van der Waals surface area contributed by atoms with Gasteiger partial charge in [0, 0.05) is 5.20 Å². The number of hydrogen-bond acceptors (Lipinski definition) is 3. The Kier molecular flexibility index (Phi) is 3.06. The molecular weight excluding hydrogens is 232 g/mol. The molecule has 0 spiro atoms. The number of benzene rings is 1. The minimum absolute atomic E-state index is 0.214. The molecule has 0 saturated carbocycles. The van der Waals surface area contributed by atoms with Gasteiger partial charge in [0.15, 0.2) is 0 Å². The fourth-order valence-corrected chi connectivity index (χ4v) is 3.06. The highest BCUT2D eigenvalue weighted by Gasteiger charge is 2.34. The minimum Gasteiger partial charge on any atom is -0.426 e. The van der Waals surface area contributed by atoms with Crippen LogP contribution in [0.1, 0.15) is 6.42 Å². The van der Waals surface area contributed by atoms with Gasteiger partial charge in [-0.25, -0.2) is 0 Å². The predicted molar refractivity (Wildman–Crippen MR) is 68.2 cm³/mol. The van der Waals surface area contributed by atoms with Crippen LogP contribution in [0.5, 0.6) is 5.75 Å². The average molecular weight is 248 g/mol. The molecule has 1 aromatic carbocycles. The number of ether oxygens (including phenoxy) is 2. The Hall–Kier alpha value is -1.55. The molecular formula is C13H16O3Si. The lowest BCUT2D eigenvalue weighted by atomic mass is 10.3. The van der Waals surface area contributed by atoms with Crippen LogP contribution in [0.15, 0.2) is 41.5 Å². The molecule has 0 radical (unpaired) electrons. The van der Waals surface area contributed by atoms with Crippen molar-refractivity contribution in [1.82, 2.24) is 0 Å². The third-order valence-corrected chi connectivity index (χ3v) is 4.82. The van der Waals surface area contributed by atoms with Gasteiger partial charge in [-0.05, 0) is 12.1 Å². The van der Waals surface area contributed by atoms with Gasteiger partial charge in [-0.1, -0.05) is 37.8 Å². The summed E-state index contributed by atoms with van der Waals surface area (Å²) in [5.74, 6) is 0.890. The molecule has 0 aliphatic carbocycles. The van der Waals surface area contributed by atoms with Crippen LogP contribution in [0.4, 0.5) is 0 Å². The van der Waals surface area contributed by atoms with Crippen molar-refractivity contribution in [2.24, 2.45) is 0 Å². The van der Waals surface area contributed by atoms with E-state index < -0.39 is 8.07 Å². The van der Waals surface area contributed by atoms with E-state index >= 15 is 0 Å². The standard InChI is InChI=1S/C13H16O3Si/c1-17(2,3)11-9-12(14)16-13(11)15-10-7-5-4-6-8-10/h4-8H,9H2,1-3H3. The molecule has 1 aromatic rings. The van der Waals surface area contributed by atoms with Crippen LogP contribution in [0, 0.1) is 0 Å². The van der Waals surface area contributed by atoms with Gasteiger partial charge in [0.2, 0.25) is 0 Å². The van der Waals surface area contributed by atoms with E-state index in [1.807, 2.05) is 30.3 Å². The third kappa shape index (κ3) is 2.77. The first-order valence-electron chi connectivity index (χ1n) is 5.64. The van der Waals surface area contributed by atoms with Crippen LogP contribution in [-0.2, 0) is 9.53 Å². The summed E-state index contributed by atoms with van der Waals surface area (Å²) in [5, 5.41) is 1.05. The van der Waals surface area contributed by atoms with Gasteiger partial charge in [-0.2, -0.15) is 0 Å². The van der Waals surface area contributed by atoms with Crippen LogP contribution >= 0.6 is 0 Å². The summed E-state index contributed by atoms with van der Waals surface area (Å²) < 4.78 is 10.8. The van der Waals surface area contributed by atoms with Crippen LogP contribution in [0.2, 0.25) is 19.6 Å². The number of rotatable bonds is 3. The van der Waals surface area contributed by atoms with Crippen molar-refractivity contribution in [2.45, 2.75) is 26.1 Å². The van der Waals surface area contributed by atoms with Crippen molar-refractivity contribution in [3.63, 3.8) is 0 Å². The second-order valence-corrected chi connectivity index (χ2v) is 10.2. The van der Waals surface area contributed by atoms with Crippen molar-refractivity contribution in [2.75, 3.05) is 0 Å². The number of hydrogen-bond donors (Lipinski definition) is 0. The number of carbonyl (C=O) groups is 1. The topological polar surface area (TPSA) is 35.5 Å². The number of carbonyl (C=O) groups excluding carboxylic acids is 1. The van der Waals surface area contributed by atoms with Gasteiger partial charge in [0.05, 0.1) is 14.5 Å². The summed E-state index contributed by atoms with van der Waals surface area (Å²) in [7, 11) is -1.57. The Balaban J connectivity index is 2.26. The number of cyclic esters (lactones) is 1. The highest BCUT2D eigenvalue weighted by atomic mass is 28.3. The van der Waals surface area contributed by atoms with E-state index in [2.05, 4.69) is 19.6 Å². The molecule has 0 fully saturated rings. The Morgan fingerprint density at radius 1 is 1.18 bits per heavy atom. The first-order valence-corrected chi connectivity index (χ1v) is 9.14. The summed E-state index contributed by atoms with van der Waals surface area (Å²) in [5.41, 5.74) is 0. The molecule has 3 nitrogen and oxygen atoms in total. The van der Waals surface area contributed by atoms with Crippen molar-refractivity contribution >= 4 is 14.0 Å². The lowest BCUT2D eigenvalue weighted by Gasteiger charge is -2.17. The summed E-state index contributed by atoms with van der Waals surface area (Å²) in [4.78, 5) is 11.4. The third-order valence-electron chi connectivity index (χ3n) is 2.63. The van der Waals surface area contributed by atoms with Crippen LogP contribution in [0.25, 0.3) is 0 Å². The Morgan fingerprint density at radius 2 is 1.82 bits per heavy atom. The molecule has 0 bridgehead atoms. The molecule has 1 aliphatic rings. The summed E-state index contributed by atoms with van der Waals surface area (Å²) in [6.07, 6.45) is 0.373. The lowest BCUT2D eigenvalue weighted by molar-refractivity contribution is -0.139. The second-order valence-electron chi connectivity index (χ2n) is 5.08. The van der Waals surface area contributed by atoms with Crippen LogP contribution < -0.4 is 4.74 Å². The zero-order valence-corrected chi connectivity index (χ0v) is 11.3. The van der Waals surface area contributed by atoms with E-state index in [0.29, 0.717) is 18.1 Å². The van der Waals surface area contributed by atoms with E-state index in [1.165, 1.54) is 0 Å². The van der Waals surface area contributed by atoms with Gasteiger partial charge in [0.25, 0.3) is 5.95 Å². The molecule has 0 unspecified atom stereocenters. The molecule has 90 valence electrons. The van der Waals surface area contributed by atoms with Crippen molar-refractivity contribution < 1.29 is 14.3 Å². The zero-order valence-electron chi connectivity index (χ0n) is 10.3. The monoisotopic (exact) mass is 248 g/mol. The van der Waals surface area contributed by atoms with Crippen LogP contribution in [0.3, 0.4) is 0 Å². The van der Waals surface area contributed by atoms with Crippen molar-refractivity contribution in [3.05, 3.63) is 41.5 Å². The normalized spacial score (nSPS) is 16.1. The molecule has 2 rings (SSSR count). The SMILES string of the molecule is C[Si](C)(C)C1=C(Oc2ccccc2)OC(=O)C1. The van der Waals surface area contributed by atoms with Crippen LogP contribution in [-0.4, -0.2) is 14.0 Å². The number of para-hydroxylation sites is 1. The van der Waals surface area contributed by atoms with E-state index in [4.69, 9.17) is 9.47 Å². The fraction of sp³-hybridized carbons (Fsp3) is 0.308. The molecule has 1 aliphatic heterocycles. The maximum absolute atomic E-state index is 11.4. The Bertz CT molecular complexity index is 457. The molecule has 0 N–H and O–H groups in total. The summed E-state index contributed by atoms with van der Waals surface area (Å²) in [6, 6.07) is 9.39. The number of esters is 1. The Labute approximate surface area is 102 Å². The van der Waals surface area contributed by atoms with Gasteiger partial charge < -0.3 is 9.47 Å². The molecule has 0 amide bonds. The first-order chi connectivity index (χ1) is 7.97. The lowest BCUT2D eigenvalue weighted by Crippen LogP contribution is -2.25. The molecule has 4 heteroatoms. The summed E-state index contributed by atoms with van der Waals surface area (Å²) >= 11 is 0. The van der Waals surface area contributed by atoms with E-state index in [9.17, 15) is 4.79 Å². The maximum Gasteiger partial charge on any atom is 0.317 e. The second kappa shape index (κ2) is 4.37. The van der Waals surface area contributed by atoms with Gasteiger partial charge in [-0.3, -0.25) is 4.79 Å². The highest BCUT2D eigenvalue weighted by molar-refractivity contribution is 6.83. The first kappa shape index (κ1) is 11.9. The van der Waals surface area contributed by atoms with E-state index in [-0.39, 0.29) is 5.97 Å². The highest BCUT2D eigenvalue weighted by Crippen LogP contribution is 2.30. The molecule has 0 aromatic heterocycles.